The summed E-state index contributed by atoms with van der Waals surface area (Å²) in [5.74, 6) is -0.876. The Morgan fingerprint density at radius 3 is 2.44 bits per heavy atom. The van der Waals surface area contributed by atoms with Crippen molar-refractivity contribution in [2.75, 3.05) is 5.32 Å². The van der Waals surface area contributed by atoms with Crippen LogP contribution in [-0.2, 0) is 14.3 Å². The standard InChI is InChI=1S/C23H22ClN3O5/c1-14-12-20(27-32-14)26-22(29)15(2)31-21(28)13-19(16-8-4-3-5-9-16)25-23(30)17-10-6-7-11-18(17)24/h3-12,15,19H,13H2,1-2H3,(H,25,30)(H,26,27,29). The summed E-state index contributed by atoms with van der Waals surface area (Å²) in [5.41, 5.74) is 0.999. The smallest absolute Gasteiger partial charge is 0.309 e. The second kappa shape index (κ2) is 10.6. The number of halogens is 1. The molecule has 9 heteroatoms. The first-order valence-corrected chi connectivity index (χ1v) is 10.3. The lowest BCUT2D eigenvalue weighted by Gasteiger charge is -2.20. The normalized spacial score (nSPS) is 12.5. The Hall–Kier alpha value is -3.65. The van der Waals surface area contributed by atoms with Gasteiger partial charge in [0.1, 0.15) is 5.76 Å². The number of esters is 1. The van der Waals surface area contributed by atoms with Crippen molar-refractivity contribution in [3.63, 3.8) is 0 Å². The molecule has 1 aromatic heterocycles. The summed E-state index contributed by atoms with van der Waals surface area (Å²) >= 11 is 6.12. The van der Waals surface area contributed by atoms with Crippen LogP contribution in [0.25, 0.3) is 0 Å². The van der Waals surface area contributed by atoms with Crippen LogP contribution in [0, 0.1) is 6.92 Å². The first kappa shape index (κ1) is 23.0. The largest absolute Gasteiger partial charge is 0.452 e. The Balaban J connectivity index is 1.66. The summed E-state index contributed by atoms with van der Waals surface area (Å²) in [6, 6.07) is 16.5. The molecule has 0 saturated heterocycles. The van der Waals surface area contributed by atoms with Crippen molar-refractivity contribution in [1.82, 2.24) is 10.5 Å². The zero-order valence-corrected chi connectivity index (χ0v) is 18.3. The Morgan fingerprint density at radius 2 is 1.78 bits per heavy atom. The van der Waals surface area contributed by atoms with Crippen molar-refractivity contribution in [2.24, 2.45) is 0 Å². The zero-order valence-electron chi connectivity index (χ0n) is 17.5. The van der Waals surface area contributed by atoms with E-state index in [1.807, 2.05) is 6.07 Å². The van der Waals surface area contributed by atoms with Crippen LogP contribution in [0.4, 0.5) is 5.82 Å². The fourth-order valence-electron chi connectivity index (χ4n) is 2.94. The third kappa shape index (κ3) is 6.18. The van der Waals surface area contributed by atoms with Crippen molar-refractivity contribution >= 4 is 35.2 Å². The zero-order chi connectivity index (χ0) is 23.1. The molecule has 0 bridgehead atoms. The van der Waals surface area contributed by atoms with E-state index in [4.69, 9.17) is 20.9 Å². The molecular formula is C23H22ClN3O5. The third-order valence-corrected chi connectivity index (χ3v) is 4.88. The molecule has 2 unspecified atom stereocenters. The van der Waals surface area contributed by atoms with Crippen LogP contribution in [0.1, 0.15) is 41.1 Å². The predicted molar refractivity (Wildman–Crippen MR) is 118 cm³/mol. The summed E-state index contributed by atoms with van der Waals surface area (Å²) in [5, 5.41) is 9.29. The highest BCUT2D eigenvalue weighted by molar-refractivity contribution is 6.33. The van der Waals surface area contributed by atoms with Crippen LogP contribution in [0.5, 0.6) is 0 Å². The van der Waals surface area contributed by atoms with E-state index in [-0.39, 0.29) is 12.2 Å². The molecule has 0 aliphatic heterocycles. The number of ether oxygens (including phenoxy) is 1. The van der Waals surface area contributed by atoms with Gasteiger partial charge < -0.3 is 19.9 Å². The van der Waals surface area contributed by atoms with Crippen LogP contribution in [0.3, 0.4) is 0 Å². The molecule has 2 N–H and O–H groups in total. The van der Waals surface area contributed by atoms with Gasteiger partial charge >= 0.3 is 5.97 Å². The molecule has 32 heavy (non-hydrogen) atoms. The number of hydrogen-bond donors (Lipinski definition) is 2. The van der Waals surface area contributed by atoms with Crippen molar-refractivity contribution in [1.29, 1.82) is 0 Å². The monoisotopic (exact) mass is 455 g/mol. The number of nitrogens with one attached hydrogen (secondary N) is 2. The highest BCUT2D eigenvalue weighted by atomic mass is 35.5. The topological polar surface area (TPSA) is 111 Å². The van der Waals surface area contributed by atoms with Crippen molar-refractivity contribution in [2.45, 2.75) is 32.4 Å². The number of anilines is 1. The van der Waals surface area contributed by atoms with Gasteiger partial charge in [0.2, 0.25) is 0 Å². The van der Waals surface area contributed by atoms with Gasteiger partial charge in [-0.2, -0.15) is 0 Å². The molecular weight excluding hydrogens is 434 g/mol. The number of amides is 2. The number of benzene rings is 2. The van der Waals surface area contributed by atoms with Gasteiger partial charge in [-0.25, -0.2) is 0 Å². The number of aromatic nitrogens is 1. The van der Waals surface area contributed by atoms with E-state index >= 15 is 0 Å². The first-order valence-electron chi connectivity index (χ1n) is 9.87. The lowest BCUT2D eigenvalue weighted by Crippen LogP contribution is -2.34. The van der Waals surface area contributed by atoms with Crippen LogP contribution in [0.2, 0.25) is 5.02 Å². The summed E-state index contributed by atoms with van der Waals surface area (Å²) in [6.45, 7) is 3.13. The maximum absolute atomic E-state index is 12.7. The van der Waals surface area contributed by atoms with Gasteiger partial charge in [0.05, 0.1) is 23.0 Å². The molecule has 0 saturated carbocycles. The minimum Gasteiger partial charge on any atom is -0.452 e. The molecule has 0 radical (unpaired) electrons. The fraction of sp³-hybridized carbons (Fsp3) is 0.217. The van der Waals surface area contributed by atoms with E-state index in [1.54, 1.807) is 61.5 Å². The Bertz CT molecular complexity index is 1100. The number of aryl methyl sites for hydroxylation is 1. The van der Waals surface area contributed by atoms with Crippen molar-refractivity contribution < 1.29 is 23.6 Å². The molecule has 3 aromatic rings. The minimum atomic E-state index is -1.07. The summed E-state index contributed by atoms with van der Waals surface area (Å²) in [4.78, 5) is 37.6. The maximum atomic E-state index is 12.7. The Labute approximate surface area is 189 Å². The van der Waals surface area contributed by atoms with Crippen LogP contribution >= 0.6 is 11.6 Å². The maximum Gasteiger partial charge on any atom is 0.309 e. The molecule has 0 spiro atoms. The van der Waals surface area contributed by atoms with Gasteiger partial charge in [0, 0.05) is 6.07 Å². The van der Waals surface area contributed by atoms with Gasteiger partial charge in [-0.05, 0) is 31.5 Å². The number of carbonyl (C=O) groups excluding carboxylic acids is 3. The molecule has 2 amide bonds. The molecule has 1 heterocycles. The molecule has 0 aliphatic carbocycles. The minimum absolute atomic E-state index is 0.180. The van der Waals surface area contributed by atoms with Crippen LogP contribution < -0.4 is 10.6 Å². The van der Waals surface area contributed by atoms with Gasteiger partial charge in [-0.15, -0.1) is 0 Å². The molecule has 166 valence electrons. The van der Waals surface area contributed by atoms with Gasteiger partial charge in [0.25, 0.3) is 11.8 Å². The highest BCUT2D eigenvalue weighted by Crippen LogP contribution is 2.21. The van der Waals surface area contributed by atoms with Crippen molar-refractivity contribution in [3.05, 3.63) is 82.6 Å². The van der Waals surface area contributed by atoms with Crippen LogP contribution in [0.15, 0.2) is 65.2 Å². The number of carbonyl (C=O) groups is 3. The summed E-state index contributed by atoms with van der Waals surface area (Å²) in [6.07, 6.45) is -1.25. The van der Waals surface area contributed by atoms with E-state index in [0.29, 0.717) is 21.9 Å². The quantitative estimate of drug-likeness (QED) is 0.495. The summed E-state index contributed by atoms with van der Waals surface area (Å²) < 4.78 is 10.2. The second-order valence-electron chi connectivity index (χ2n) is 7.06. The lowest BCUT2D eigenvalue weighted by molar-refractivity contribution is -0.153. The average molecular weight is 456 g/mol. The lowest BCUT2D eigenvalue weighted by atomic mass is 10.0. The van der Waals surface area contributed by atoms with Crippen LogP contribution in [-0.4, -0.2) is 29.0 Å². The Kier molecular flexibility index (Phi) is 7.62. The van der Waals surface area contributed by atoms with Gasteiger partial charge in [-0.3, -0.25) is 14.4 Å². The first-order chi connectivity index (χ1) is 15.3. The van der Waals surface area contributed by atoms with Crippen molar-refractivity contribution in [3.8, 4) is 0 Å². The predicted octanol–water partition coefficient (Wildman–Crippen LogP) is 4.07. The van der Waals surface area contributed by atoms with E-state index in [9.17, 15) is 14.4 Å². The number of rotatable bonds is 8. The molecule has 0 aliphatic rings. The van der Waals surface area contributed by atoms with E-state index < -0.39 is 29.9 Å². The van der Waals surface area contributed by atoms with E-state index in [2.05, 4.69) is 15.8 Å². The SMILES string of the molecule is Cc1cc(NC(=O)C(C)OC(=O)CC(NC(=O)c2ccccc2Cl)c2ccccc2)no1. The third-order valence-electron chi connectivity index (χ3n) is 4.55. The molecule has 2 atom stereocenters. The average Bonchev–Trinajstić information content (AvgIpc) is 3.18. The highest BCUT2D eigenvalue weighted by Gasteiger charge is 2.24. The van der Waals surface area contributed by atoms with Gasteiger partial charge in [-0.1, -0.05) is 59.2 Å². The van der Waals surface area contributed by atoms with E-state index in [0.717, 1.165) is 0 Å². The second-order valence-corrected chi connectivity index (χ2v) is 7.47. The number of nitrogens with zero attached hydrogens (tertiary/aromatic N) is 1. The van der Waals surface area contributed by atoms with E-state index in [1.165, 1.54) is 6.92 Å². The number of hydrogen-bond acceptors (Lipinski definition) is 6. The molecule has 8 nitrogen and oxygen atoms in total. The molecule has 0 fully saturated rings. The van der Waals surface area contributed by atoms with Gasteiger partial charge in [0.15, 0.2) is 11.9 Å². The Morgan fingerprint density at radius 1 is 1.09 bits per heavy atom. The fourth-order valence-corrected chi connectivity index (χ4v) is 3.16. The molecule has 3 rings (SSSR count). The molecule has 2 aromatic carbocycles. The summed E-state index contributed by atoms with van der Waals surface area (Å²) in [7, 11) is 0.